The second-order valence-electron chi connectivity index (χ2n) is 6.77. The lowest BCUT2D eigenvalue weighted by molar-refractivity contribution is -0.121. The van der Waals surface area contributed by atoms with Crippen LogP contribution in [-0.2, 0) is 4.79 Å². The van der Waals surface area contributed by atoms with Crippen molar-refractivity contribution in [1.82, 2.24) is 15.5 Å². The first-order chi connectivity index (χ1) is 9.07. The number of rotatable bonds is 5. The number of amides is 1. The van der Waals surface area contributed by atoms with Crippen molar-refractivity contribution in [2.75, 3.05) is 33.2 Å². The van der Waals surface area contributed by atoms with Gasteiger partial charge in [0.2, 0.25) is 5.91 Å². The standard InChI is InChI=1S/C15H29N3O/c1-15(7-9-18(2)10-8-15)12-16-11-14(19)17-13-5-3-4-6-13/h13,16H,3-12H2,1-2H3,(H,17,19). The van der Waals surface area contributed by atoms with Gasteiger partial charge in [0, 0.05) is 12.6 Å². The monoisotopic (exact) mass is 267 g/mol. The van der Waals surface area contributed by atoms with Crippen LogP contribution in [0, 0.1) is 5.41 Å². The molecule has 1 saturated carbocycles. The Morgan fingerprint density at radius 3 is 2.53 bits per heavy atom. The van der Waals surface area contributed by atoms with E-state index in [1.165, 1.54) is 38.8 Å². The van der Waals surface area contributed by atoms with Crippen molar-refractivity contribution in [3.8, 4) is 0 Å². The number of carbonyl (C=O) groups is 1. The van der Waals surface area contributed by atoms with Crippen molar-refractivity contribution in [3.05, 3.63) is 0 Å². The average molecular weight is 267 g/mol. The quantitative estimate of drug-likeness (QED) is 0.791. The molecule has 4 heteroatoms. The lowest BCUT2D eigenvalue weighted by Crippen LogP contribution is -2.45. The van der Waals surface area contributed by atoms with E-state index in [0.717, 1.165) is 19.4 Å². The number of nitrogens with zero attached hydrogens (tertiary/aromatic N) is 1. The Morgan fingerprint density at radius 2 is 1.89 bits per heavy atom. The molecule has 2 aliphatic rings. The molecule has 4 nitrogen and oxygen atoms in total. The highest BCUT2D eigenvalue weighted by atomic mass is 16.1. The molecule has 1 heterocycles. The number of hydrogen-bond acceptors (Lipinski definition) is 3. The van der Waals surface area contributed by atoms with Crippen LogP contribution < -0.4 is 10.6 Å². The van der Waals surface area contributed by atoms with Crippen molar-refractivity contribution in [2.45, 2.75) is 51.5 Å². The first-order valence-corrected chi connectivity index (χ1v) is 7.76. The third-order valence-electron chi connectivity index (χ3n) is 4.75. The maximum absolute atomic E-state index is 11.8. The molecule has 0 spiro atoms. The van der Waals surface area contributed by atoms with Crippen LogP contribution in [0.5, 0.6) is 0 Å². The summed E-state index contributed by atoms with van der Waals surface area (Å²) in [6.45, 7) is 6.11. The van der Waals surface area contributed by atoms with Gasteiger partial charge in [0.1, 0.15) is 0 Å². The minimum atomic E-state index is 0.170. The second kappa shape index (κ2) is 6.71. The molecule has 1 aliphatic heterocycles. The Kier molecular flexibility index (Phi) is 5.22. The van der Waals surface area contributed by atoms with Gasteiger partial charge in [-0.3, -0.25) is 4.79 Å². The van der Waals surface area contributed by atoms with E-state index in [4.69, 9.17) is 0 Å². The molecule has 19 heavy (non-hydrogen) atoms. The van der Waals surface area contributed by atoms with Gasteiger partial charge in [0.25, 0.3) is 0 Å². The molecule has 0 unspecified atom stereocenters. The highest BCUT2D eigenvalue weighted by Crippen LogP contribution is 2.29. The van der Waals surface area contributed by atoms with Crippen LogP contribution in [0.25, 0.3) is 0 Å². The molecule has 0 bridgehead atoms. The fourth-order valence-electron chi connectivity index (χ4n) is 3.16. The Morgan fingerprint density at radius 1 is 1.26 bits per heavy atom. The lowest BCUT2D eigenvalue weighted by Gasteiger charge is -2.38. The summed E-state index contributed by atoms with van der Waals surface area (Å²) in [5, 5.41) is 6.48. The summed E-state index contributed by atoms with van der Waals surface area (Å²) in [6.07, 6.45) is 7.31. The van der Waals surface area contributed by atoms with Gasteiger partial charge >= 0.3 is 0 Å². The predicted molar refractivity (Wildman–Crippen MR) is 78.1 cm³/mol. The van der Waals surface area contributed by atoms with Gasteiger partial charge in [0.15, 0.2) is 0 Å². The molecule has 0 radical (unpaired) electrons. The highest BCUT2D eigenvalue weighted by molar-refractivity contribution is 5.78. The van der Waals surface area contributed by atoms with Crippen molar-refractivity contribution >= 4 is 5.91 Å². The zero-order chi connectivity index (χ0) is 13.7. The number of nitrogens with one attached hydrogen (secondary N) is 2. The van der Waals surface area contributed by atoms with Gasteiger partial charge in [-0.25, -0.2) is 0 Å². The van der Waals surface area contributed by atoms with Gasteiger partial charge in [-0.2, -0.15) is 0 Å². The third-order valence-corrected chi connectivity index (χ3v) is 4.75. The fourth-order valence-corrected chi connectivity index (χ4v) is 3.16. The van der Waals surface area contributed by atoms with Crippen molar-refractivity contribution in [3.63, 3.8) is 0 Å². The average Bonchev–Trinajstić information content (AvgIpc) is 2.86. The first kappa shape index (κ1) is 14.8. The number of piperidine rings is 1. The Balaban J connectivity index is 1.61. The van der Waals surface area contributed by atoms with Crippen LogP contribution >= 0.6 is 0 Å². The first-order valence-electron chi connectivity index (χ1n) is 7.76. The van der Waals surface area contributed by atoms with Crippen LogP contribution in [-0.4, -0.2) is 50.1 Å². The molecule has 2 fully saturated rings. The van der Waals surface area contributed by atoms with Crippen LogP contribution in [0.15, 0.2) is 0 Å². The van der Waals surface area contributed by atoms with Gasteiger partial charge in [-0.15, -0.1) is 0 Å². The van der Waals surface area contributed by atoms with E-state index in [1.807, 2.05) is 0 Å². The topological polar surface area (TPSA) is 44.4 Å². The highest BCUT2D eigenvalue weighted by Gasteiger charge is 2.28. The molecular weight excluding hydrogens is 238 g/mol. The molecular formula is C15H29N3O. The second-order valence-corrected chi connectivity index (χ2v) is 6.77. The summed E-state index contributed by atoms with van der Waals surface area (Å²) >= 11 is 0. The van der Waals surface area contributed by atoms with E-state index in [0.29, 0.717) is 18.0 Å². The molecule has 0 aromatic rings. The largest absolute Gasteiger partial charge is 0.352 e. The van der Waals surface area contributed by atoms with Gasteiger partial charge in [-0.05, 0) is 51.2 Å². The Hall–Kier alpha value is -0.610. The zero-order valence-corrected chi connectivity index (χ0v) is 12.5. The Bertz CT molecular complexity index is 292. The van der Waals surface area contributed by atoms with Crippen LogP contribution in [0.2, 0.25) is 0 Å². The lowest BCUT2D eigenvalue weighted by atomic mass is 9.80. The fraction of sp³-hybridized carbons (Fsp3) is 0.933. The van der Waals surface area contributed by atoms with Gasteiger partial charge < -0.3 is 15.5 Å². The van der Waals surface area contributed by atoms with E-state index in [2.05, 4.69) is 29.5 Å². The number of hydrogen-bond donors (Lipinski definition) is 2. The minimum Gasteiger partial charge on any atom is -0.352 e. The van der Waals surface area contributed by atoms with Gasteiger partial charge in [-0.1, -0.05) is 19.8 Å². The maximum Gasteiger partial charge on any atom is 0.234 e. The van der Waals surface area contributed by atoms with E-state index < -0.39 is 0 Å². The van der Waals surface area contributed by atoms with Crippen molar-refractivity contribution in [1.29, 1.82) is 0 Å². The normalized spacial score (nSPS) is 24.5. The van der Waals surface area contributed by atoms with Crippen LogP contribution in [0.3, 0.4) is 0 Å². The summed E-state index contributed by atoms with van der Waals surface area (Å²) < 4.78 is 0. The molecule has 0 aromatic heterocycles. The van der Waals surface area contributed by atoms with Crippen LogP contribution in [0.1, 0.15) is 45.4 Å². The SMILES string of the molecule is CN1CCC(C)(CNCC(=O)NC2CCCC2)CC1. The van der Waals surface area contributed by atoms with E-state index in [1.54, 1.807) is 0 Å². The summed E-state index contributed by atoms with van der Waals surface area (Å²) in [6, 6.07) is 0.438. The summed E-state index contributed by atoms with van der Waals surface area (Å²) in [7, 11) is 2.18. The molecule has 1 amide bonds. The van der Waals surface area contributed by atoms with E-state index >= 15 is 0 Å². The van der Waals surface area contributed by atoms with E-state index in [9.17, 15) is 4.79 Å². The smallest absolute Gasteiger partial charge is 0.234 e. The molecule has 2 rings (SSSR count). The molecule has 1 saturated heterocycles. The van der Waals surface area contributed by atoms with Gasteiger partial charge in [0.05, 0.1) is 6.54 Å². The number of likely N-dealkylation sites (tertiary alicyclic amines) is 1. The van der Waals surface area contributed by atoms with E-state index in [-0.39, 0.29) is 5.91 Å². The minimum absolute atomic E-state index is 0.170. The molecule has 0 aromatic carbocycles. The summed E-state index contributed by atoms with van der Waals surface area (Å²) in [5.41, 5.74) is 0.361. The zero-order valence-electron chi connectivity index (χ0n) is 12.5. The third kappa shape index (κ3) is 4.77. The van der Waals surface area contributed by atoms with Crippen molar-refractivity contribution in [2.24, 2.45) is 5.41 Å². The molecule has 110 valence electrons. The summed E-state index contributed by atoms with van der Waals surface area (Å²) in [5.74, 6) is 0.170. The molecule has 2 N–H and O–H groups in total. The molecule has 0 atom stereocenters. The maximum atomic E-state index is 11.8. The molecule has 1 aliphatic carbocycles. The predicted octanol–water partition coefficient (Wildman–Crippen LogP) is 1.37. The van der Waals surface area contributed by atoms with Crippen molar-refractivity contribution < 1.29 is 4.79 Å². The van der Waals surface area contributed by atoms with Crippen LogP contribution in [0.4, 0.5) is 0 Å². The summed E-state index contributed by atoms with van der Waals surface area (Å²) in [4.78, 5) is 14.2. The Labute approximate surface area is 117 Å². The number of carbonyl (C=O) groups excluding carboxylic acids is 1.